The molecule has 0 aliphatic carbocycles. The summed E-state index contributed by atoms with van der Waals surface area (Å²) in [6.45, 7) is 2.38. The van der Waals surface area contributed by atoms with Crippen molar-refractivity contribution in [2.24, 2.45) is 0 Å². The lowest BCUT2D eigenvalue weighted by Gasteiger charge is -2.35. The van der Waals surface area contributed by atoms with E-state index < -0.39 is 11.6 Å². The van der Waals surface area contributed by atoms with Crippen LogP contribution in [0.2, 0.25) is 0 Å². The Morgan fingerprint density at radius 3 is 2.96 bits per heavy atom. The van der Waals surface area contributed by atoms with Crippen LogP contribution in [-0.4, -0.2) is 32.7 Å². The van der Waals surface area contributed by atoms with Gasteiger partial charge in [-0.15, -0.1) is 0 Å². The summed E-state index contributed by atoms with van der Waals surface area (Å²) in [5.74, 6) is -0.808. The van der Waals surface area contributed by atoms with Crippen LogP contribution >= 0.6 is 0 Å². The number of carbonyl (C=O) groups is 1. The first-order valence-corrected chi connectivity index (χ1v) is 9.23. The smallest absolute Gasteiger partial charge is 0.227 e. The van der Waals surface area contributed by atoms with E-state index in [9.17, 15) is 13.6 Å². The van der Waals surface area contributed by atoms with Crippen LogP contribution in [0.5, 0.6) is 0 Å². The van der Waals surface area contributed by atoms with Crippen LogP contribution in [0.4, 0.5) is 8.78 Å². The number of aromatic amines is 1. The topological polar surface area (TPSA) is 75.0 Å². The zero-order chi connectivity index (χ0) is 19.7. The summed E-state index contributed by atoms with van der Waals surface area (Å²) in [5, 5.41) is 11.0. The normalized spacial score (nSPS) is 17.1. The largest absolute Gasteiger partial charge is 0.356 e. The van der Waals surface area contributed by atoms with Crippen molar-refractivity contribution >= 4 is 5.91 Å². The van der Waals surface area contributed by atoms with Crippen molar-refractivity contribution in [2.75, 3.05) is 6.54 Å². The average molecular weight is 386 g/mol. The molecule has 1 aliphatic rings. The molecule has 1 saturated heterocycles. The Morgan fingerprint density at radius 2 is 2.18 bits per heavy atom. The number of nitrogens with zero attached hydrogens (tertiary/aromatic N) is 3. The molecule has 3 aromatic rings. The molecule has 0 radical (unpaired) electrons. The van der Waals surface area contributed by atoms with E-state index in [-0.39, 0.29) is 23.9 Å². The molecule has 0 bridgehead atoms. The lowest BCUT2D eigenvalue weighted by Crippen LogP contribution is -2.39. The maximum Gasteiger partial charge on any atom is 0.227 e. The van der Waals surface area contributed by atoms with E-state index in [1.807, 2.05) is 13.0 Å². The quantitative estimate of drug-likeness (QED) is 0.737. The zero-order valence-corrected chi connectivity index (χ0v) is 15.4. The number of hydrogen-bond donors (Lipinski definition) is 1. The molecule has 8 heteroatoms. The Labute approximate surface area is 160 Å². The third-order valence-electron chi connectivity index (χ3n) is 5.07. The molecular formula is C20H20F2N4O2. The second kappa shape index (κ2) is 7.53. The lowest BCUT2D eigenvalue weighted by atomic mass is 9.95. The van der Waals surface area contributed by atoms with Crippen molar-refractivity contribution in [3.63, 3.8) is 0 Å². The number of rotatable bonds is 4. The molecule has 3 heterocycles. The number of carbonyl (C=O) groups excluding carboxylic acids is 1. The Kier molecular flexibility index (Phi) is 4.93. The second-order valence-corrected chi connectivity index (χ2v) is 7.04. The van der Waals surface area contributed by atoms with E-state index in [0.717, 1.165) is 54.4 Å². The minimum Gasteiger partial charge on any atom is -0.356 e. The van der Waals surface area contributed by atoms with Gasteiger partial charge in [0.05, 0.1) is 35.6 Å². The van der Waals surface area contributed by atoms with Crippen molar-refractivity contribution in [2.45, 2.75) is 38.6 Å². The molecule has 146 valence electrons. The van der Waals surface area contributed by atoms with Gasteiger partial charge in [0, 0.05) is 18.2 Å². The molecule has 1 aliphatic heterocycles. The molecule has 0 unspecified atom stereocenters. The number of halogens is 2. The van der Waals surface area contributed by atoms with E-state index in [1.165, 1.54) is 0 Å². The number of nitrogens with one attached hydrogen (secondary N) is 1. The second-order valence-electron chi connectivity index (χ2n) is 7.04. The molecule has 1 amide bonds. The number of H-pyrrole nitrogens is 1. The van der Waals surface area contributed by atoms with Crippen molar-refractivity contribution in [3.05, 3.63) is 59.0 Å². The molecule has 1 atom stereocenters. The van der Waals surface area contributed by atoms with E-state index in [4.69, 9.17) is 4.52 Å². The maximum atomic E-state index is 14.0. The van der Waals surface area contributed by atoms with E-state index >= 15 is 0 Å². The molecule has 28 heavy (non-hydrogen) atoms. The number of hydrogen-bond acceptors (Lipinski definition) is 4. The highest BCUT2D eigenvalue weighted by Crippen LogP contribution is 2.36. The Bertz CT molecular complexity index is 998. The monoisotopic (exact) mass is 386 g/mol. The summed E-state index contributed by atoms with van der Waals surface area (Å²) < 4.78 is 32.8. The van der Waals surface area contributed by atoms with Gasteiger partial charge in [0.1, 0.15) is 11.6 Å². The summed E-state index contributed by atoms with van der Waals surface area (Å²) in [6, 6.07) is 4.74. The van der Waals surface area contributed by atoms with Crippen molar-refractivity contribution in [1.82, 2.24) is 20.3 Å². The minimum atomic E-state index is -0.581. The van der Waals surface area contributed by atoms with Crippen molar-refractivity contribution in [3.8, 4) is 11.3 Å². The van der Waals surface area contributed by atoms with Crippen molar-refractivity contribution in [1.29, 1.82) is 0 Å². The van der Waals surface area contributed by atoms with Gasteiger partial charge >= 0.3 is 0 Å². The van der Waals surface area contributed by atoms with Gasteiger partial charge in [-0.2, -0.15) is 5.10 Å². The lowest BCUT2D eigenvalue weighted by molar-refractivity contribution is -0.134. The van der Waals surface area contributed by atoms with E-state index in [0.29, 0.717) is 12.3 Å². The van der Waals surface area contributed by atoms with Crippen LogP contribution in [0.25, 0.3) is 11.3 Å². The van der Waals surface area contributed by atoms with Gasteiger partial charge in [-0.25, -0.2) is 8.78 Å². The van der Waals surface area contributed by atoms with E-state index in [2.05, 4.69) is 15.4 Å². The highest BCUT2D eigenvalue weighted by molar-refractivity contribution is 5.79. The molecule has 0 saturated carbocycles. The molecule has 1 aromatic carbocycles. The predicted octanol–water partition coefficient (Wildman–Crippen LogP) is 3.95. The van der Waals surface area contributed by atoms with Crippen LogP contribution in [0.15, 0.2) is 35.0 Å². The number of aryl methyl sites for hydroxylation is 1. The van der Waals surface area contributed by atoms with Crippen molar-refractivity contribution < 1.29 is 18.1 Å². The Hall–Kier alpha value is -3.03. The summed E-state index contributed by atoms with van der Waals surface area (Å²) in [6.07, 6.45) is 4.03. The number of piperidine rings is 1. The van der Waals surface area contributed by atoms with Crippen LogP contribution in [0, 0.1) is 18.6 Å². The van der Waals surface area contributed by atoms with Crippen LogP contribution in [0.3, 0.4) is 0 Å². The average Bonchev–Trinajstić information content (AvgIpc) is 3.33. The Balaban J connectivity index is 1.61. The fourth-order valence-corrected chi connectivity index (χ4v) is 3.71. The van der Waals surface area contributed by atoms with Gasteiger partial charge in [0.2, 0.25) is 5.91 Å². The molecule has 0 spiro atoms. The first-order valence-electron chi connectivity index (χ1n) is 9.23. The maximum absolute atomic E-state index is 14.0. The highest BCUT2D eigenvalue weighted by Gasteiger charge is 2.32. The zero-order valence-electron chi connectivity index (χ0n) is 15.4. The SMILES string of the molecule is Cc1cc(-c2cn[nH]c2[C@@H]2CCCCN2C(=O)Cc2cc(F)ccc2F)on1. The van der Waals surface area contributed by atoms with Crippen LogP contribution in [0.1, 0.15) is 42.3 Å². The third kappa shape index (κ3) is 3.54. The minimum absolute atomic E-state index is 0.0602. The summed E-state index contributed by atoms with van der Waals surface area (Å²) >= 11 is 0. The molecule has 1 fully saturated rings. The summed E-state index contributed by atoms with van der Waals surface area (Å²) in [7, 11) is 0. The van der Waals surface area contributed by atoms with Crippen LogP contribution in [-0.2, 0) is 11.2 Å². The first-order chi connectivity index (χ1) is 13.5. The molecule has 2 aromatic heterocycles. The van der Waals surface area contributed by atoms with Gasteiger partial charge in [0.15, 0.2) is 5.76 Å². The number of likely N-dealkylation sites (tertiary alicyclic amines) is 1. The first kappa shape index (κ1) is 18.3. The fourth-order valence-electron chi connectivity index (χ4n) is 3.71. The molecule has 6 nitrogen and oxygen atoms in total. The van der Waals surface area contributed by atoms with E-state index in [1.54, 1.807) is 11.1 Å². The van der Waals surface area contributed by atoms with Gasteiger partial charge in [-0.1, -0.05) is 5.16 Å². The summed E-state index contributed by atoms with van der Waals surface area (Å²) in [4.78, 5) is 14.7. The molecular weight excluding hydrogens is 366 g/mol. The van der Waals surface area contributed by atoms with Crippen LogP contribution < -0.4 is 0 Å². The standard InChI is InChI=1S/C20H20F2N4O2/c1-12-8-18(28-25-12)15-11-23-24-20(15)17-4-2-3-7-26(17)19(27)10-13-9-14(21)5-6-16(13)22/h5-6,8-9,11,17H,2-4,7,10H2,1H3,(H,23,24)/t17-/m0/s1. The third-order valence-corrected chi connectivity index (χ3v) is 5.07. The number of amides is 1. The van der Waals surface area contributed by atoms with Gasteiger partial charge in [-0.3, -0.25) is 9.89 Å². The van der Waals surface area contributed by atoms with Gasteiger partial charge in [0.25, 0.3) is 0 Å². The molecule has 1 N–H and O–H groups in total. The predicted molar refractivity (Wildman–Crippen MR) is 97.2 cm³/mol. The van der Waals surface area contributed by atoms with Gasteiger partial charge < -0.3 is 9.42 Å². The Morgan fingerprint density at radius 1 is 1.32 bits per heavy atom. The summed E-state index contributed by atoms with van der Waals surface area (Å²) in [5.41, 5.74) is 2.33. The van der Waals surface area contributed by atoms with Gasteiger partial charge in [-0.05, 0) is 44.4 Å². The number of benzene rings is 1. The number of aromatic nitrogens is 3. The highest BCUT2D eigenvalue weighted by atomic mass is 19.1. The molecule has 4 rings (SSSR count). The fraction of sp³-hybridized carbons (Fsp3) is 0.350.